The van der Waals surface area contributed by atoms with Crippen LogP contribution in [-0.4, -0.2) is 23.1 Å². The smallest absolute Gasteiger partial charge is 0.0922 e. The van der Waals surface area contributed by atoms with Gasteiger partial charge in [0.2, 0.25) is 0 Å². The van der Waals surface area contributed by atoms with Gasteiger partial charge in [-0.25, -0.2) is 10.0 Å². The fraction of sp³-hybridized carbons (Fsp3) is 0.500. The van der Waals surface area contributed by atoms with E-state index in [2.05, 4.69) is 29.2 Å². The van der Waals surface area contributed by atoms with Crippen molar-refractivity contribution < 1.29 is 0 Å². The van der Waals surface area contributed by atoms with Crippen LogP contribution in [0.3, 0.4) is 0 Å². The summed E-state index contributed by atoms with van der Waals surface area (Å²) < 4.78 is 4.27. The highest BCUT2D eigenvalue weighted by atomic mass is 32.3. The van der Waals surface area contributed by atoms with Gasteiger partial charge in [0, 0.05) is 5.38 Å². The number of rotatable bonds is 1. The fourth-order valence-corrected chi connectivity index (χ4v) is 2.52. The Labute approximate surface area is 61.6 Å². The van der Waals surface area contributed by atoms with E-state index >= 15 is 0 Å². The zero-order chi connectivity index (χ0) is 6.91. The first kappa shape index (κ1) is 7.09. The Bertz CT molecular complexity index is 173. The van der Waals surface area contributed by atoms with E-state index in [0.29, 0.717) is 0 Å². The molecule has 0 unspecified atom stereocenters. The molecule has 0 aromatic carbocycles. The third kappa shape index (κ3) is 1.69. The Morgan fingerprint density at radius 3 is 2.33 bits per heavy atom. The van der Waals surface area contributed by atoms with Crippen molar-refractivity contribution in [3.63, 3.8) is 0 Å². The molecule has 0 amide bonds. The van der Waals surface area contributed by atoms with Gasteiger partial charge >= 0.3 is 0 Å². The summed E-state index contributed by atoms with van der Waals surface area (Å²) in [5.41, 5.74) is 0. The Kier molecular flexibility index (Phi) is 1.82. The molecule has 1 aromatic rings. The molecule has 52 valence electrons. The van der Waals surface area contributed by atoms with E-state index in [9.17, 15) is 0 Å². The predicted molar refractivity (Wildman–Crippen MR) is 45.7 cm³/mol. The van der Waals surface area contributed by atoms with Crippen LogP contribution in [0.15, 0.2) is 16.5 Å². The Hall–Kier alpha value is -0.0200. The normalized spacial score (nSPS) is 13.7. The second-order valence-electron chi connectivity index (χ2n) is 2.67. The van der Waals surface area contributed by atoms with E-state index in [4.69, 9.17) is 0 Å². The molecule has 1 aromatic heterocycles. The second kappa shape index (κ2) is 2.31. The lowest BCUT2D eigenvalue weighted by Gasteiger charge is -2.21. The third-order valence-electron chi connectivity index (χ3n) is 1.04. The molecule has 1 nitrogen and oxygen atoms in total. The first-order chi connectivity index (χ1) is 4.11. The van der Waals surface area contributed by atoms with Crippen molar-refractivity contribution in [3.05, 3.63) is 11.4 Å². The molecule has 0 bridgehead atoms. The average Bonchev–Trinajstić information content (AvgIpc) is 2.08. The van der Waals surface area contributed by atoms with Crippen molar-refractivity contribution in [2.45, 2.75) is 5.03 Å². The topological polar surface area (TPSA) is 12.9 Å². The Morgan fingerprint density at radius 1 is 1.44 bits per heavy atom. The van der Waals surface area contributed by atoms with Gasteiger partial charge in [-0.1, -0.05) is 0 Å². The van der Waals surface area contributed by atoms with E-state index in [-0.39, 0.29) is 0 Å². The van der Waals surface area contributed by atoms with Gasteiger partial charge < -0.3 is 0 Å². The number of nitrogens with zero attached hydrogens (tertiary/aromatic N) is 1. The maximum atomic E-state index is 4.27. The van der Waals surface area contributed by atoms with E-state index in [0.717, 1.165) is 0 Å². The first-order valence-corrected chi connectivity index (χ1v) is 6.39. The van der Waals surface area contributed by atoms with Gasteiger partial charge in [-0.3, -0.25) is 0 Å². The molecule has 0 fully saturated rings. The molecular formula is C6H11NS2. The summed E-state index contributed by atoms with van der Waals surface area (Å²) in [6.07, 6.45) is 6.76. The number of hydrogen-bond acceptors (Lipinski definition) is 2. The number of aromatic nitrogens is 1. The highest BCUT2D eigenvalue weighted by Crippen LogP contribution is 2.43. The summed E-state index contributed by atoms with van der Waals surface area (Å²) in [6, 6.07) is 2.11. The fourth-order valence-electron chi connectivity index (χ4n) is 0.517. The van der Waals surface area contributed by atoms with Crippen molar-refractivity contribution in [1.82, 2.24) is 4.37 Å². The molecule has 0 aliphatic heterocycles. The van der Waals surface area contributed by atoms with E-state index in [1.807, 2.05) is 5.38 Å². The molecule has 0 radical (unpaired) electrons. The van der Waals surface area contributed by atoms with Gasteiger partial charge in [-0.15, -0.1) is 0 Å². The summed E-state index contributed by atoms with van der Waals surface area (Å²) >= 11 is 1.54. The first-order valence-electron chi connectivity index (χ1n) is 2.69. The molecule has 0 aliphatic carbocycles. The molecule has 1 rings (SSSR count). The quantitative estimate of drug-likeness (QED) is 0.615. The highest BCUT2D eigenvalue weighted by molar-refractivity contribution is 8.32. The van der Waals surface area contributed by atoms with Crippen molar-refractivity contribution >= 4 is 21.6 Å². The number of hydrogen-bond donors (Lipinski definition) is 0. The molecule has 0 saturated heterocycles. The standard InChI is InChI=1S/C6H11NS2/c1-9(2,3)6-4-5-8-7-6/h4-5H,1-3H3. The molecule has 1 heterocycles. The molecule has 0 N–H and O–H groups in total. The molecule has 0 saturated carbocycles. The van der Waals surface area contributed by atoms with Crippen LogP contribution in [0.5, 0.6) is 0 Å². The highest BCUT2D eigenvalue weighted by Gasteiger charge is 2.08. The van der Waals surface area contributed by atoms with Crippen molar-refractivity contribution in [2.24, 2.45) is 0 Å². The molecule has 0 aliphatic rings. The van der Waals surface area contributed by atoms with Crippen LogP contribution in [0.4, 0.5) is 0 Å². The van der Waals surface area contributed by atoms with Gasteiger partial charge in [-0.2, -0.15) is 4.37 Å². The minimum atomic E-state index is -0.560. The van der Waals surface area contributed by atoms with Crippen LogP contribution in [0.2, 0.25) is 0 Å². The zero-order valence-electron chi connectivity index (χ0n) is 5.92. The summed E-state index contributed by atoms with van der Waals surface area (Å²) in [6.45, 7) is 0. The summed E-state index contributed by atoms with van der Waals surface area (Å²) in [7, 11) is -0.560. The van der Waals surface area contributed by atoms with E-state index in [1.165, 1.54) is 16.6 Å². The third-order valence-corrected chi connectivity index (χ3v) is 3.20. The van der Waals surface area contributed by atoms with Gasteiger partial charge in [0.1, 0.15) is 0 Å². The van der Waals surface area contributed by atoms with Crippen LogP contribution < -0.4 is 0 Å². The zero-order valence-corrected chi connectivity index (χ0v) is 7.55. The Morgan fingerprint density at radius 2 is 2.11 bits per heavy atom. The van der Waals surface area contributed by atoms with Gasteiger partial charge in [-0.05, 0) is 36.4 Å². The molecule has 0 atom stereocenters. The SMILES string of the molecule is CS(C)(C)c1ccsn1. The second-order valence-corrected chi connectivity index (χ2v) is 7.43. The monoisotopic (exact) mass is 161 g/mol. The van der Waals surface area contributed by atoms with Gasteiger partial charge in [0.15, 0.2) is 0 Å². The lowest BCUT2D eigenvalue weighted by molar-refractivity contribution is 1.27. The van der Waals surface area contributed by atoms with Crippen molar-refractivity contribution in [3.8, 4) is 0 Å². The summed E-state index contributed by atoms with van der Waals surface area (Å²) in [5.74, 6) is 0. The Balaban J connectivity index is 2.90. The molecule has 9 heavy (non-hydrogen) atoms. The van der Waals surface area contributed by atoms with Gasteiger partial charge in [0.05, 0.1) is 5.03 Å². The molecular weight excluding hydrogens is 150 g/mol. The largest absolute Gasteiger partial charge is 0.206 e. The van der Waals surface area contributed by atoms with E-state index in [1.54, 1.807) is 0 Å². The van der Waals surface area contributed by atoms with Crippen LogP contribution in [0, 0.1) is 0 Å². The molecule has 0 spiro atoms. The average molecular weight is 161 g/mol. The van der Waals surface area contributed by atoms with Crippen LogP contribution in [0.25, 0.3) is 0 Å². The molecule has 3 heteroatoms. The van der Waals surface area contributed by atoms with Crippen molar-refractivity contribution in [1.29, 1.82) is 0 Å². The van der Waals surface area contributed by atoms with E-state index < -0.39 is 10.0 Å². The maximum Gasteiger partial charge on any atom is 0.0922 e. The van der Waals surface area contributed by atoms with Crippen LogP contribution in [-0.2, 0) is 0 Å². The minimum absolute atomic E-state index is 0.560. The predicted octanol–water partition coefficient (Wildman–Crippen LogP) is 2.20. The lowest BCUT2D eigenvalue weighted by Crippen LogP contribution is -1.91. The summed E-state index contributed by atoms with van der Waals surface area (Å²) in [5, 5.41) is 3.31. The van der Waals surface area contributed by atoms with Crippen molar-refractivity contribution in [2.75, 3.05) is 18.8 Å². The van der Waals surface area contributed by atoms with Crippen LogP contribution in [0.1, 0.15) is 0 Å². The minimum Gasteiger partial charge on any atom is -0.206 e. The lowest BCUT2D eigenvalue weighted by atomic mass is 10.8. The van der Waals surface area contributed by atoms with Crippen LogP contribution >= 0.6 is 21.6 Å². The summed E-state index contributed by atoms with van der Waals surface area (Å²) in [4.78, 5) is 0. The maximum absolute atomic E-state index is 4.27. The van der Waals surface area contributed by atoms with Gasteiger partial charge in [0.25, 0.3) is 0 Å².